The van der Waals surface area contributed by atoms with E-state index in [1.54, 1.807) is 6.07 Å². The van der Waals surface area contributed by atoms with E-state index in [2.05, 4.69) is 31.9 Å². The van der Waals surface area contributed by atoms with Crippen molar-refractivity contribution in [2.75, 3.05) is 5.88 Å². The van der Waals surface area contributed by atoms with Crippen LogP contribution in [0.1, 0.15) is 10.4 Å². The van der Waals surface area contributed by atoms with E-state index in [0.29, 0.717) is 4.47 Å². The second-order valence-corrected chi connectivity index (χ2v) is 4.19. The number of benzene rings is 1. The Labute approximate surface area is 96.5 Å². The number of hydrogen-bond donors (Lipinski definition) is 0. The fourth-order valence-corrected chi connectivity index (χ4v) is 1.61. The summed E-state index contributed by atoms with van der Waals surface area (Å²) in [7, 11) is 0. The van der Waals surface area contributed by atoms with E-state index in [1.807, 2.05) is 0 Å². The molecule has 0 aliphatic rings. The molecule has 0 saturated heterocycles. The smallest absolute Gasteiger partial charge is 0.180 e. The van der Waals surface area contributed by atoms with Gasteiger partial charge in [0.2, 0.25) is 0 Å². The molecule has 0 spiro atoms. The molecule has 0 aliphatic heterocycles. The first-order valence-electron chi connectivity index (χ1n) is 3.30. The zero-order valence-corrected chi connectivity index (χ0v) is 10.2. The predicted molar refractivity (Wildman–Crippen MR) is 56.9 cm³/mol. The van der Waals surface area contributed by atoms with Crippen molar-refractivity contribution < 1.29 is 9.18 Å². The van der Waals surface area contributed by atoms with Crippen molar-refractivity contribution in [2.45, 2.75) is 0 Å². The molecule has 0 fully saturated rings. The van der Waals surface area contributed by atoms with Crippen LogP contribution in [0.2, 0.25) is 0 Å². The Kier molecular flexibility index (Phi) is 3.88. The third kappa shape index (κ3) is 2.30. The van der Waals surface area contributed by atoms with E-state index in [-0.39, 0.29) is 15.9 Å². The summed E-state index contributed by atoms with van der Waals surface area (Å²) in [5.74, 6) is -1.22. The largest absolute Gasteiger partial charge is 0.293 e. The summed E-state index contributed by atoms with van der Waals surface area (Å²) >= 11 is 11.4. The summed E-state index contributed by atoms with van der Waals surface area (Å²) in [6, 6.07) is 2.99. The van der Waals surface area contributed by atoms with Gasteiger partial charge in [-0.3, -0.25) is 4.79 Å². The topological polar surface area (TPSA) is 17.1 Å². The molecule has 0 heterocycles. The summed E-state index contributed by atoms with van der Waals surface area (Å²) in [4.78, 5) is 11.1. The van der Waals surface area contributed by atoms with Crippen LogP contribution in [0, 0.1) is 5.82 Å². The van der Waals surface area contributed by atoms with E-state index in [1.165, 1.54) is 6.07 Å². The van der Waals surface area contributed by atoms with Gasteiger partial charge in [0.15, 0.2) is 5.78 Å². The first-order valence-corrected chi connectivity index (χ1v) is 5.42. The third-order valence-corrected chi connectivity index (χ3v) is 3.67. The van der Waals surface area contributed by atoms with Crippen molar-refractivity contribution in [3.8, 4) is 0 Å². The van der Waals surface area contributed by atoms with Crippen LogP contribution in [0.25, 0.3) is 0 Å². The first kappa shape index (κ1) is 11.1. The maximum atomic E-state index is 13.3. The van der Waals surface area contributed by atoms with Crippen LogP contribution in [0.15, 0.2) is 21.1 Å². The Bertz CT molecular complexity index is 354. The Morgan fingerprint density at radius 2 is 2.08 bits per heavy atom. The molecule has 1 nitrogen and oxygen atoms in total. The van der Waals surface area contributed by atoms with Gasteiger partial charge >= 0.3 is 0 Å². The molecule has 70 valence electrons. The molecule has 1 aromatic carbocycles. The minimum absolute atomic E-state index is 0.00470. The van der Waals surface area contributed by atoms with E-state index in [0.717, 1.165) is 0 Å². The Balaban J connectivity index is 3.26. The monoisotopic (exact) mass is 328 g/mol. The second-order valence-electron chi connectivity index (χ2n) is 2.28. The molecular weight excluding hydrogens is 326 g/mol. The van der Waals surface area contributed by atoms with Crippen LogP contribution in [0.3, 0.4) is 0 Å². The molecule has 0 N–H and O–H groups in total. The van der Waals surface area contributed by atoms with Crippen LogP contribution in [0.5, 0.6) is 0 Å². The average Bonchev–Trinajstić information content (AvgIpc) is 2.13. The Hall–Kier alpha value is 0.0700. The summed E-state index contributed by atoms with van der Waals surface area (Å²) in [6.07, 6.45) is 0. The first-order chi connectivity index (χ1) is 6.07. The molecule has 13 heavy (non-hydrogen) atoms. The van der Waals surface area contributed by atoms with Crippen LogP contribution in [-0.2, 0) is 0 Å². The lowest BCUT2D eigenvalue weighted by Gasteiger charge is -2.03. The summed E-state index contributed by atoms with van der Waals surface area (Å²) in [6.45, 7) is 0. The molecule has 0 aliphatic carbocycles. The van der Waals surface area contributed by atoms with Crippen LogP contribution >= 0.6 is 43.5 Å². The van der Waals surface area contributed by atoms with Crippen molar-refractivity contribution in [3.05, 3.63) is 32.5 Å². The van der Waals surface area contributed by atoms with Crippen LogP contribution in [0.4, 0.5) is 4.39 Å². The highest BCUT2D eigenvalue weighted by molar-refractivity contribution is 9.13. The number of ketones is 1. The van der Waals surface area contributed by atoms with Crippen LogP contribution in [-0.4, -0.2) is 11.7 Å². The molecular formula is C8H4Br2ClFO. The molecule has 0 atom stereocenters. The lowest BCUT2D eigenvalue weighted by Crippen LogP contribution is -2.04. The molecule has 0 saturated carbocycles. The minimum Gasteiger partial charge on any atom is -0.293 e. The van der Waals surface area contributed by atoms with Crippen molar-refractivity contribution in [1.29, 1.82) is 0 Å². The van der Waals surface area contributed by atoms with Gasteiger partial charge in [-0.05, 0) is 44.0 Å². The van der Waals surface area contributed by atoms with E-state index < -0.39 is 11.6 Å². The molecule has 0 amide bonds. The molecule has 1 aromatic rings. The van der Waals surface area contributed by atoms with Crippen molar-refractivity contribution in [2.24, 2.45) is 0 Å². The van der Waals surface area contributed by atoms with Gasteiger partial charge in [-0.1, -0.05) is 0 Å². The molecule has 0 radical (unpaired) electrons. The van der Waals surface area contributed by atoms with Gasteiger partial charge in [0.05, 0.1) is 15.9 Å². The highest BCUT2D eigenvalue weighted by atomic mass is 79.9. The summed E-state index contributed by atoms with van der Waals surface area (Å²) in [5, 5.41) is 0. The quantitative estimate of drug-likeness (QED) is 0.458. The van der Waals surface area contributed by atoms with Gasteiger partial charge in [-0.2, -0.15) is 0 Å². The van der Waals surface area contributed by atoms with Crippen LogP contribution < -0.4 is 0 Å². The molecule has 5 heteroatoms. The van der Waals surface area contributed by atoms with Crippen molar-refractivity contribution in [3.63, 3.8) is 0 Å². The highest BCUT2D eigenvalue weighted by Crippen LogP contribution is 2.28. The number of Topliss-reactive ketones (excluding diaryl/α,β-unsaturated/α-hetero) is 1. The van der Waals surface area contributed by atoms with Gasteiger partial charge in [-0.15, -0.1) is 11.6 Å². The fraction of sp³-hybridized carbons (Fsp3) is 0.125. The normalized spacial score (nSPS) is 10.2. The SMILES string of the molecule is O=C(CCl)c1ccc(Br)c(Br)c1F. The highest BCUT2D eigenvalue weighted by Gasteiger charge is 2.14. The summed E-state index contributed by atoms with van der Waals surface area (Å²) in [5.41, 5.74) is 0.00470. The lowest BCUT2D eigenvalue weighted by atomic mass is 10.1. The van der Waals surface area contributed by atoms with Gasteiger partial charge in [-0.25, -0.2) is 4.39 Å². The zero-order valence-electron chi connectivity index (χ0n) is 6.28. The number of carbonyl (C=O) groups excluding carboxylic acids is 1. The number of hydrogen-bond acceptors (Lipinski definition) is 1. The number of halogens is 4. The van der Waals surface area contributed by atoms with E-state index in [9.17, 15) is 9.18 Å². The van der Waals surface area contributed by atoms with Crippen molar-refractivity contribution >= 4 is 49.2 Å². The summed E-state index contributed by atoms with van der Waals surface area (Å²) < 4.78 is 14.1. The van der Waals surface area contributed by atoms with Gasteiger partial charge in [0.1, 0.15) is 5.82 Å². The van der Waals surface area contributed by atoms with Gasteiger partial charge < -0.3 is 0 Å². The van der Waals surface area contributed by atoms with Gasteiger partial charge in [0, 0.05) is 4.47 Å². The number of alkyl halides is 1. The zero-order chi connectivity index (χ0) is 10.0. The van der Waals surface area contributed by atoms with Crippen molar-refractivity contribution in [1.82, 2.24) is 0 Å². The fourth-order valence-electron chi connectivity index (χ4n) is 0.813. The second kappa shape index (κ2) is 4.53. The van der Waals surface area contributed by atoms with E-state index in [4.69, 9.17) is 11.6 Å². The minimum atomic E-state index is -0.583. The maximum Gasteiger partial charge on any atom is 0.180 e. The third-order valence-electron chi connectivity index (χ3n) is 1.46. The van der Waals surface area contributed by atoms with E-state index >= 15 is 0 Å². The molecule has 1 rings (SSSR count). The lowest BCUT2D eigenvalue weighted by molar-refractivity contribution is 0.101. The maximum absolute atomic E-state index is 13.3. The standard InChI is InChI=1S/C8H4Br2ClFO/c9-5-2-1-4(6(13)3-11)8(12)7(5)10/h1-2H,3H2. The predicted octanol–water partition coefficient (Wildman–Crippen LogP) is 3.77. The Morgan fingerprint density at radius 3 is 2.62 bits per heavy atom. The molecule has 0 aromatic heterocycles. The average molecular weight is 330 g/mol. The number of carbonyl (C=O) groups is 1. The Morgan fingerprint density at radius 1 is 1.46 bits per heavy atom. The molecule has 0 bridgehead atoms. The number of rotatable bonds is 2. The molecule has 0 unspecified atom stereocenters. The van der Waals surface area contributed by atoms with Gasteiger partial charge in [0.25, 0.3) is 0 Å².